The van der Waals surface area contributed by atoms with Crippen LogP contribution in [0.4, 0.5) is 0 Å². The molecule has 1 N–H and O–H groups in total. The molecule has 10 heavy (non-hydrogen) atoms. The number of nitrogens with zero attached hydrogens (tertiary/aromatic N) is 1. The van der Waals surface area contributed by atoms with E-state index in [2.05, 4.69) is 17.2 Å². The summed E-state index contributed by atoms with van der Waals surface area (Å²) < 4.78 is 0. The van der Waals surface area contributed by atoms with Gasteiger partial charge in [-0.05, 0) is 14.0 Å². The van der Waals surface area contributed by atoms with Crippen molar-refractivity contribution in [1.82, 2.24) is 10.3 Å². The van der Waals surface area contributed by atoms with Crippen molar-refractivity contribution in [2.45, 2.75) is 13.3 Å². The third-order valence-electron chi connectivity index (χ3n) is 1.46. The Balaban J connectivity index is 2.49. The Labute approximate surface area is 65.3 Å². The van der Waals surface area contributed by atoms with Crippen LogP contribution in [0.15, 0.2) is 5.51 Å². The molecule has 0 bridgehead atoms. The second-order valence-electron chi connectivity index (χ2n) is 2.21. The van der Waals surface area contributed by atoms with E-state index in [1.165, 1.54) is 10.6 Å². The van der Waals surface area contributed by atoms with E-state index in [-0.39, 0.29) is 0 Å². The number of aryl methyl sites for hydroxylation is 1. The van der Waals surface area contributed by atoms with Gasteiger partial charge in [-0.1, -0.05) is 0 Å². The molecule has 0 aromatic carbocycles. The zero-order valence-electron chi connectivity index (χ0n) is 6.35. The molecule has 1 aromatic rings. The summed E-state index contributed by atoms with van der Waals surface area (Å²) in [5.74, 6) is 0. The van der Waals surface area contributed by atoms with Crippen LogP contribution in [-0.4, -0.2) is 18.6 Å². The number of likely N-dealkylation sites (N-methyl/N-ethyl adjacent to an activating group) is 1. The average Bonchev–Trinajstić information content (AvgIpc) is 2.31. The van der Waals surface area contributed by atoms with Gasteiger partial charge in [-0.2, -0.15) is 0 Å². The molecule has 0 spiro atoms. The molecule has 0 fully saturated rings. The van der Waals surface area contributed by atoms with Gasteiger partial charge in [0.2, 0.25) is 0 Å². The number of rotatable bonds is 3. The molecule has 0 saturated carbocycles. The highest BCUT2D eigenvalue weighted by atomic mass is 32.1. The zero-order valence-corrected chi connectivity index (χ0v) is 7.16. The first-order chi connectivity index (χ1) is 4.84. The second-order valence-corrected chi connectivity index (χ2v) is 3.27. The lowest BCUT2D eigenvalue weighted by Gasteiger charge is -1.95. The summed E-state index contributed by atoms with van der Waals surface area (Å²) in [6, 6.07) is 0. The third-order valence-corrected chi connectivity index (χ3v) is 2.26. The minimum absolute atomic E-state index is 1.02. The van der Waals surface area contributed by atoms with Gasteiger partial charge < -0.3 is 5.32 Å². The minimum Gasteiger partial charge on any atom is -0.319 e. The van der Waals surface area contributed by atoms with Gasteiger partial charge in [-0.3, -0.25) is 0 Å². The summed E-state index contributed by atoms with van der Waals surface area (Å²) in [6.45, 7) is 3.13. The molecule has 1 rings (SSSR count). The first-order valence-corrected chi connectivity index (χ1v) is 4.26. The summed E-state index contributed by atoms with van der Waals surface area (Å²) in [4.78, 5) is 5.57. The van der Waals surface area contributed by atoms with Crippen LogP contribution in [0.5, 0.6) is 0 Å². The Kier molecular flexibility index (Phi) is 2.83. The van der Waals surface area contributed by atoms with Gasteiger partial charge in [-0.25, -0.2) is 4.98 Å². The lowest BCUT2D eigenvalue weighted by atomic mass is 10.3. The minimum atomic E-state index is 1.02. The van der Waals surface area contributed by atoms with Crippen molar-refractivity contribution in [3.8, 4) is 0 Å². The first kappa shape index (κ1) is 7.69. The van der Waals surface area contributed by atoms with E-state index < -0.39 is 0 Å². The van der Waals surface area contributed by atoms with Crippen LogP contribution in [0.1, 0.15) is 10.6 Å². The van der Waals surface area contributed by atoms with Gasteiger partial charge in [0.15, 0.2) is 0 Å². The van der Waals surface area contributed by atoms with Crippen LogP contribution in [0.3, 0.4) is 0 Å². The van der Waals surface area contributed by atoms with E-state index in [4.69, 9.17) is 0 Å². The maximum absolute atomic E-state index is 4.23. The highest BCUT2D eigenvalue weighted by Gasteiger charge is 1.98. The van der Waals surface area contributed by atoms with Gasteiger partial charge >= 0.3 is 0 Å². The van der Waals surface area contributed by atoms with Crippen LogP contribution < -0.4 is 5.32 Å². The Bertz CT molecular complexity index is 195. The Morgan fingerprint density at radius 2 is 2.50 bits per heavy atom. The lowest BCUT2D eigenvalue weighted by molar-refractivity contribution is 0.777. The standard InChI is InChI=1S/C7H12N2S/c1-6-7(3-4-8-2)9-5-10-6/h5,8H,3-4H2,1-2H3. The fourth-order valence-corrected chi connectivity index (χ4v) is 1.44. The molecular formula is C7H12N2S. The number of hydrogen-bond donors (Lipinski definition) is 1. The zero-order chi connectivity index (χ0) is 7.40. The maximum Gasteiger partial charge on any atom is 0.0797 e. The summed E-state index contributed by atoms with van der Waals surface area (Å²) in [5.41, 5.74) is 3.14. The summed E-state index contributed by atoms with van der Waals surface area (Å²) in [6.07, 6.45) is 1.05. The Morgan fingerprint density at radius 1 is 1.70 bits per heavy atom. The van der Waals surface area contributed by atoms with Crippen molar-refractivity contribution < 1.29 is 0 Å². The van der Waals surface area contributed by atoms with E-state index in [9.17, 15) is 0 Å². The molecule has 2 nitrogen and oxygen atoms in total. The van der Waals surface area contributed by atoms with Crippen molar-refractivity contribution in [1.29, 1.82) is 0 Å². The van der Waals surface area contributed by atoms with E-state index in [0.29, 0.717) is 0 Å². The fourth-order valence-electron chi connectivity index (χ4n) is 0.812. The first-order valence-electron chi connectivity index (χ1n) is 3.38. The van der Waals surface area contributed by atoms with Crippen molar-refractivity contribution >= 4 is 11.3 Å². The average molecular weight is 156 g/mol. The van der Waals surface area contributed by atoms with Gasteiger partial charge in [0, 0.05) is 17.8 Å². The van der Waals surface area contributed by atoms with Crippen LogP contribution in [-0.2, 0) is 6.42 Å². The molecule has 3 heteroatoms. The Hall–Kier alpha value is -0.410. The molecule has 0 aliphatic rings. The number of nitrogens with one attached hydrogen (secondary N) is 1. The molecule has 1 aromatic heterocycles. The fraction of sp³-hybridized carbons (Fsp3) is 0.571. The molecule has 0 aliphatic heterocycles. The topological polar surface area (TPSA) is 24.9 Å². The van der Waals surface area contributed by atoms with Crippen molar-refractivity contribution in [3.05, 3.63) is 16.1 Å². The maximum atomic E-state index is 4.23. The number of aromatic nitrogens is 1. The number of thiazole rings is 1. The second kappa shape index (κ2) is 3.68. The van der Waals surface area contributed by atoms with E-state index in [1.54, 1.807) is 11.3 Å². The molecule has 0 aliphatic carbocycles. The van der Waals surface area contributed by atoms with Crippen molar-refractivity contribution in [3.63, 3.8) is 0 Å². The summed E-state index contributed by atoms with van der Waals surface area (Å²) >= 11 is 1.72. The molecule has 56 valence electrons. The van der Waals surface area contributed by atoms with Crippen LogP contribution >= 0.6 is 11.3 Å². The highest BCUT2D eigenvalue weighted by molar-refractivity contribution is 7.09. The third kappa shape index (κ3) is 1.78. The molecule has 0 radical (unpaired) electrons. The number of hydrogen-bond acceptors (Lipinski definition) is 3. The predicted molar refractivity (Wildman–Crippen MR) is 44.5 cm³/mol. The summed E-state index contributed by atoms with van der Waals surface area (Å²) in [7, 11) is 1.96. The largest absolute Gasteiger partial charge is 0.319 e. The molecule has 0 unspecified atom stereocenters. The molecule has 0 amide bonds. The predicted octanol–water partition coefficient (Wildman–Crippen LogP) is 1.21. The van der Waals surface area contributed by atoms with Gasteiger partial charge in [0.25, 0.3) is 0 Å². The van der Waals surface area contributed by atoms with Crippen LogP contribution in [0.2, 0.25) is 0 Å². The lowest BCUT2D eigenvalue weighted by Crippen LogP contribution is -2.10. The van der Waals surface area contributed by atoms with Crippen molar-refractivity contribution in [2.75, 3.05) is 13.6 Å². The van der Waals surface area contributed by atoms with Gasteiger partial charge in [0.05, 0.1) is 11.2 Å². The quantitative estimate of drug-likeness (QED) is 0.711. The highest BCUT2D eigenvalue weighted by Crippen LogP contribution is 2.10. The van der Waals surface area contributed by atoms with Crippen LogP contribution in [0.25, 0.3) is 0 Å². The normalized spacial score (nSPS) is 10.2. The van der Waals surface area contributed by atoms with Gasteiger partial charge in [0.1, 0.15) is 0 Å². The molecule has 0 saturated heterocycles. The molecular weight excluding hydrogens is 144 g/mol. The molecule has 0 atom stereocenters. The molecule has 1 heterocycles. The monoisotopic (exact) mass is 156 g/mol. The van der Waals surface area contributed by atoms with Crippen LogP contribution in [0, 0.1) is 6.92 Å². The van der Waals surface area contributed by atoms with Gasteiger partial charge in [-0.15, -0.1) is 11.3 Å². The smallest absolute Gasteiger partial charge is 0.0797 e. The van der Waals surface area contributed by atoms with E-state index in [0.717, 1.165) is 13.0 Å². The van der Waals surface area contributed by atoms with E-state index in [1.807, 2.05) is 12.6 Å². The SMILES string of the molecule is CNCCc1ncsc1C. The van der Waals surface area contributed by atoms with Crippen molar-refractivity contribution in [2.24, 2.45) is 0 Å². The van der Waals surface area contributed by atoms with E-state index >= 15 is 0 Å². The Morgan fingerprint density at radius 3 is 3.00 bits per heavy atom. The summed E-state index contributed by atoms with van der Waals surface area (Å²) in [5, 5.41) is 3.10.